The number of hydrogen-bond acceptors (Lipinski definition) is 3. The molecule has 0 bridgehead atoms. The maximum atomic E-state index is 6.80. The number of hydrogen-bond donors (Lipinski definition) is 0. The maximum absolute atomic E-state index is 6.80. The van der Waals surface area contributed by atoms with E-state index in [1.807, 2.05) is 0 Å². The number of rotatable bonds is 16. The molecule has 2 aliphatic heterocycles. The van der Waals surface area contributed by atoms with Gasteiger partial charge >= 0.3 is 0 Å². The smallest absolute Gasteiger partial charge is 0.182 e. The van der Waals surface area contributed by atoms with Crippen LogP contribution in [0.5, 0.6) is 0 Å². The molecular formula is C32H54O3. The number of unbranched alkanes of at least 4 members (excludes halogenated alkanes) is 12. The van der Waals surface area contributed by atoms with Crippen molar-refractivity contribution in [3.8, 4) is 23.7 Å². The van der Waals surface area contributed by atoms with Crippen LogP contribution in [0, 0.1) is 23.7 Å². The fourth-order valence-electron chi connectivity index (χ4n) is 5.06. The van der Waals surface area contributed by atoms with Crippen LogP contribution < -0.4 is 0 Å². The van der Waals surface area contributed by atoms with E-state index in [0.717, 1.165) is 64.6 Å². The molecule has 3 heteroatoms. The molecule has 2 saturated heterocycles. The van der Waals surface area contributed by atoms with Crippen LogP contribution in [0.25, 0.3) is 0 Å². The zero-order valence-corrected chi connectivity index (χ0v) is 23.2. The highest BCUT2D eigenvalue weighted by atomic mass is 16.8. The molecule has 2 aliphatic rings. The van der Waals surface area contributed by atoms with Crippen LogP contribution in [0.1, 0.15) is 155 Å². The highest BCUT2D eigenvalue weighted by Gasteiger charge is 2.45. The van der Waals surface area contributed by atoms with Crippen LogP contribution in [0.4, 0.5) is 0 Å². The van der Waals surface area contributed by atoms with Crippen LogP contribution in [0.2, 0.25) is 0 Å². The third-order valence-corrected chi connectivity index (χ3v) is 7.28. The van der Waals surface area contributed by atoms with E-state index in [-0.39, 0.29) is 0 Å². The molecule has 200 valence electrons. The lowest BCUT2D eigenvalue weighted by Gasteiger charge is -2.45. The Morgan fingerprint density at radius 1 is 0.543 bits per heavy atom. The van der Waals surface area contributed by atoms with E-state index in [1.165, 1.54) is 77.0 Å². The predicted molar refractivity (Wildman–Crippen MR) is 147 cm³/mol. The van der Waals surface area contributed by atoms with Crippen molar-refractivity contribution in [3.05, 3.63) is 0 Å². The van der Waals surface area contributed by atoms with Crippen molar-refractivity contribution in [1.82, 2.24) is 0 Å². The molecule has 2 atom stereocenters. The summed E-state index contributed by atoms with van der Waals surface area (Å²) in [4.78, 5) is 0. The summed E-state index contributed by atoms with van der Waals surface area (Å²) in [7, 11) is 0. The Kier molecular flexibility index (Phi) is 16.5. The average Bonchev–Trinajstić information content (AvgIpc) is 2.88. The summed E-state index contributed by atoms with van der Waals surface area (Å²) in [5.41, 5.74) is 0. The molecule has 0 aliphatic carbocycles. The predicted octanol–water partition coefficient (Wildman–Crippen LogP) is 9.08. The molecule has 0 saturated carbocycles. The van der Waals surface area contributed by atoms with E-state index in [9.17, 15) is 0 Å². The molecule has 0 aromatic carbocycles. The molecule has 0 radical (unpaired) electrons. The van der Waals surface area contributed by atoms with Gasteiger partial charge in [0.1, 0.15) is 0 Å². The Bertz CT molecular complexity index is 579. The molecular weight excluding hydrogens is 432 g/mol. The molecule has 2 unspecified atom stereocenters. The van der Waals surface area contributed by atoms with Crippen molar-refractivity contribution in [2.75, 3.05) is 13.2 Å². The van der Waals surface area contributed by atoms with Gasteiger partial charge in [-0.05, 0) is 38.5 Å². The summed E-state index contributed by atoms with van der Waals surface area (Å²) in [6, 6.07) is 0. The van der Waals surface area contributed by atoms with Gasteiger partial charge in [-0.25, -0.2) is 0 Å². The van der Waals surface area contributed by atoms with Crippen LogP contribution in [0.3, 0.4) is 0 Å². The standard InChI is InChI=1S/C32H54O3/c1-3-5-7-9-11-13-15-17-19-25-31(27-21-23-29-33-31)35-32(28-22-24-30-34-32)26-20-18-16-14-12-10-8-6-4-2/h3-16,21-30H2,1-2H3. The minimum Gasteiger partial charge on any atom is -0.349 e. The molecule has 0 amide bonds. The van der Waals surface area contributed by atoms with Crippen molar-refractivity contribution in [2.45, 2.75) is 167 Å². The first kappa shape index (κ1) is 30.2. The molecule has 2 rings (SSSR count). The van der Waals surface area contributed by atoms with E-state index < -0.39 is 11.6 Å². The molecule has 3 nitrogen and oxygen atoms in total. The summed E-state index contributed by atoms with van der Waals surface area (Å²) in [6.07, 6.45) is 25.2. The van der Waals surface area contributed by atoms with E-state index >= 15 is 0 Å². The monoisotopic (exact) mass is 486 g/mol. The zero-order valence-electron chi connectivity index (χ0n) is 23.2. The second kappa shape index (κ2) is 19.2. The molecule has 0 spiro atoms. The average molecular weight is 487 g/mol. The zero-order chi connectivity index (χ0) is 24.9. The van der Waals surface area contributed by atoms with Crippen LogP contribution >= 0.6 is 0 Å². The van der Waals surface area contributed by atoms with Gasteiger partial charge in [-0.15, -0.1) is 11.8 Å². The lowest BCUT2D eigenvalue weighted by atomic mass is 9.98. The van der Waals surface area contributed by atoms with Crippen LogP contribution in [0.15, 0.2) is 0 Å². The first-order chi connectivity index (χ1) is 17.2. The van der Waals surface area contributed by atoms with E-state index in [4.69, 9.17) is 14.2 Å². The molecule has 2 fully saturated rings. The fraction of sp³-hybridized carbons (Fsp3) is 0.875. The summed E-state index contributed by atoms with van der Waals surface area (Å²) < 4.78 is 19.4. The minimum atomic E-state index is -0.634. The number of ether oxygens (including phenoxy) is 3. The second-order valence-corrected chi connectivity index (χ2v) is 10.6. The first-order valence-electron chi connectivity index (χ1n) is 15.1. The van der Waals surface area contributed by atoms with Gasteiger partial charge in [0.15, 0.2) is 11.6 Å². The lowest BCUT2D eigenvalue weighted by Crippen LogP contribution is -2.50. The van der Waals surface area contributed by atoms with Gasteiger partial charge in [-0.1, -0.05) is 89.9 Å². The van der Waals surface area contributed by atoms with Crippen molar-refractivity contribution in [3.63, 3.8) is 0 Å². The largest absolute Gasteiger partial charge is 0.349 e. The maximum Gasteiger partial charge on any atom is 0.182 e. The SMILES string of the molecule is CCCCCCCCC#CCC1(OC2(CC#CCCCCCCCC)CCCCO2)CCCCO1. The Morgan fingerprint density at radius 3 is 1.37 bits per heavy atom. The Hall–Kier alpha value is -1.00. The van der Waals surface area contributed by atoms with E-state index in [1.54, 1.807) is 0 Å². The third-order valence-electron chi connectivity index (χ3n) is 7.28. The topological polar surface area (TPSA) is 27.7 Å². The molecule has 0 N–H and O–H groups in total. The van der Waals surface area contributed by atoms with Gasteiger partial charge in [0.2, 0.25) is 0 Å². The first-order valence-corrected chi connectivity index (χ1v) is 15.1. The summed E-state index contributed by atoms with van der Waals surface area (Å²) in [6.45, 7) is 6.03. The second-order valence-electron chi connectivity index (χ2n) is 10.6. The summed E-state index contributed by atoms with van der Waals surface area (Å²) >= 11 is 0. The molecule has 0 aromatic heterocycles. The van der Waals surface area contributed by atoms with Gasteiger partial charge in [0, 0.05) is 25.7 Å². The molecule has 0 aromatic rings. The highest BCUT2D eigenvalue weighted by molar-refractivity contribution is 5.06. The quantitative estimate of drug-likeness (QED) is 0.161. The van der Waals surface area contributed by atoms with Gasteiger partial charge in [-0.3, -0.25) is 0 Å². The summed E-state index contributed by atoms with van der Waals surface area (Å²) in [5, 5.41) is 0. The van der Waals surface area contributed by atoms with Gasteiger partial charge < -0.3 is 14.2 Å². The van der Waals surface area contributed by atoms with Gasteiger partial charge in [0.25, 0.3) is 0 Å². The van der Waals surface area contributed by atoms with Gasteiger partial charge in [0.05, 0.1) is 26.1 Å². The highest BCUT2D eigenvalue weighted by Crippen LogP contribution is 2.39. The Balaban J connectivity index is 1.86. The van der Waals surface area contributed by atoms with Crippen molar-refractivity contribution >= 4 is 0 Å². The van der Waals surface area contributed by atoms with E-state index in [0.29, 0.717) is 12.8 Å². The Morgan fingerprint density at radius 2 is 0.971 bits per heavy atom. The van der Waals surface area contributed by atoms with Crippen molar-refractivity contribution in [1.29, 1.82) is 0 Å². The van der Waals surface area contributed by atoms with Crippen molar-refractivity contribution in [2.24, 2.45) is 0 Å². The Labute approximate surface area is 217 Å². The molecule has 35 heavy (non-hydrogen) atoms. The minimum absolute atomic E-state index is 0.634. The lowest BCUT2D eigenvalue weighted by molar-refractivity contribution is -0.373. The van der Waals surface area contributed by atoms with Crippen molar-refractivity contribution < 1.29 is 14.2 Å². The normalized spacial score (nSPS) is 24.3. The molecule has 2 heterocycles. The third kappa shape index (κ3) is 13.2. The van der Waals surface area contributed by atoms with Crippen LogP contribution in [-0.4, -0.2) is 24.8 Å². The van der Waals surface area contributed by atoms with Crippen LogP contribution in [-0.2, 0) is 14.2 Å². The van der Waals surface area contributed by atoms with E-state index in [2.05, 4.69) is 37.5 Å². The summed E-state index contributed by atoms with van der Waals surface area (Å²) in [5.74, 6) is 12.4. The fourth-order valence-corrected chi connectivity index (χ4v) is 5.06. The van der Waals surface area contributed by atoms with Gasteiger partial charge in [-0.2, -0.15) is 0 Å².